The molecule has 0 spiro atoms. The summed E-state index contributed by atoms with van der Waals surface area (Å²) in [6.07, 6.45) is 3.28. The summed E-state index contributed by atoms with van der Waals surface area (Å²) < 4.78 is 27.8. The molecule has 144 valence electrons. The average Bonchev–Trinajstić information content (AvgIpc) is 3.15. The van der Waals surface area contributed by atoms with Crippen LogP contribution in [0.25, 0.3) is 0 Å². The minimum atomic E-state index is -0.800. The fraction of sp³-hybridized carbons (Fsp3) is 0.474. The van der Waals surface area contributed by atoms with Crippen molar-refractivity contribution in [2.75, 3.05) is 54.0 Å². The molecule has 8 heteroatoms. The minimum absolute atomic E-state index is 0.302. The van der Waals surface area contributed by atoms with E-state index in [2.05, 4.69) is 14.9 Å². The summed E-state index contributed by atoms with van der Waals surface area (Å²) in [7, 11) is 0. The van der Waals surface area contributed by atoms with E-state index < -0.39 is 6.17 Å². The van der Waals surface area contributed by atoms with Crippen LogP contribution >= 0.6 is 0 Å². The highest BCUT2D eigenvalue weighted by molar-refractivity contribution is 5.53. The number of hydrogen-bond acceptors (Lipinski definition) is 6. The van der Waals surface area contributed by atoms with Crippen LogP contribution < -0.4 is 14.7 Å². The smallest absolute Gasteiger partial charge is 0.225 e. The van der Waals surface area contributed by atoms with Gasteiger partial charge in [-0.2, -0.15) is 0 Å². The highest BCUT2D eigenvalue weighted by atomic mass is 19.1. The number of benzene rings is 1. The van der Waals surface area contributed by atoms with Crippen LogP contribution in [0.5, 0.6) is 0 Å². The quantitative estimate of drug-likeness (QED) is 0.882. The Labute approximate surface area is 157 Å². The van der Waals surface area contributed by atoms with Gasteiger partial charge >= 0.3 is 0 Å². The number of aliphatic hydroxyl groups is 1. The van der Waals surface area contributed by atoms with Crippen molar-refractivity contribution in [3.63, 3.8) is 0 Å². The molecule has 2 aliphatic rings. The van der Waals surface area contributed by atoms with Gasteiger partial charge in [0.15, 0.2) is 5.82 Å². The van der Waals surface area contributed by atoms with Gasteiger partial charge in [0, 0.05) is 38.3 Å². The molecule has 27 heavy (non-hydrogen) atoms. The van der Waals surface area contributed by atoms with Gasteiger partial charge in [-0.15, -0.1) is 0 Å². The van der Waals surface area contributed by atoms with E-state index >= 15 is 0 Å². The lowest BCUT2D eigenvalue weighted by Crippen LogP contribution is -2.47. The van der Waals surface area contributed by atoms with E-state index in [9.17, 15) is 13.9 Å². The van der Waals surface area contributed by atoms with Crippen molar-refractivity contribution in [1.82, 2.24) is 9.97 Å². The first-order chi connectivity index (χ1) is 13.2. The second kappa shape index (κ2) is 7.64. The number of hydrogen-bond donors (Lipinski definition) is 1. The number of aliphatic hydroxyl groups excluding tert-OH is 1. The molecule has 4 rings (SSSR count). The summed E-state index contributed by atoms with van der Waals surface area (Å²) in [5, 5.41) is 9.24. The Kier molecular flexibility index (Phi) is 5.07. The van der Waals surface area contributed by atoms with Crippen LogP contribution in [0.4, 0.5) is 26.1 Å². The van der Waals surface area contributed by atoms with Crippen LogP contribution in [0.3, 0.4) is 0 Å². The summed E-state index contributed by atoms with van der Waals surface area (Å²) in [4.78, 5) is 14.8. The Bertz CT molecular complexity index is 780. The fourth-order valence-electron chi connectivity index (χ4n) is 3.68. The van der Waals surface area contributed by atoms with Crippen LogP contribution in [0.15, 0.2) is 30.6 Å². The molecule has 2 aromatic rings. The average molecular weight is 375 g/mol. The summed E-state index contributed by atoms with van der Waals surface area (Å²) in [6.45, 7) is 3.49. The van der Waals surface area contributed by atoms with Crippen molar-refractivity contribution < 1.29 is 13.9 Å². The van der Waals surface area contributed by atoms with Gasteiger partial charge in [0.2, 0.25) is 5.95 Å². The maximum atomic E-state index is 14.4. The van der Waals surface area contributed by atoms with Gasteiger partial charge in [0.25, 0.3) is 0 Å². The van der Waals surface area contributed by atoms with Gasteiger partial charge in [-0.3, -0.25) is 0 Å². The first-order valence-electron chi connectivity index (χ1n) is 9.25. The van der Waals surface area contributed by atoms with E-state index in [-0.39, 0.29) is 12.4 Å². The molecule has 0 unspecified atom stereocenters. The second-order valence-corrected chi connectivity index (χ2v) is 6.96. The zero-order valence-corrected chi connectivity index (χ0v) is 15.1. The Balaban J connectivity index is 1.39. The van der Waals surface area contributed by atoms with Gasteiger partial charge in [0.1, 0.15) is 6.17 Å². The predicted octanol–water partition coefficient (Wildman–Crippen LogP) is 1.98. The topological polar surface area (TPSA) is 55.7 Å². The molecule has 0 radical (unpaired) electrons. The molecule has 2 saturated heterocycles. The number of aromatic nitrogens is 2. The monoisotopic (exact) mass is 375 g/mol. The zero-order valence-electron chi connectivity index (χ0n) is 15.1. The molecule has 1 aromatic heterocycles. The Morgan fingerprint density at radius 3 is 2.33 bits per heavy atom. The van der Waals surface area contributed by atoms with Gasteiger partial charge < -0.3 is 19.8 Å². The number of alkyl halides is 1. The summed E-state index contributed by atoms with van der Waals surface area (Å²) in [6, 6.07) is 5.11. The van der Waals surface area contributed by atoms with E-state index in [0.29, 0.717) is 49.8 Å². The summed E-state index contributed by atoms with van der Waals surface area (Å²) in [5.41, 5.74) is 1.76. The normalized spacial score (nSPS) is 20.4. The predicted molar refractivity (Wildman–Crippen MR) is 101 cm³/mol. The molecule has 0 bridgehead atoms. The molecule has 2 aliphatic heterocycles. The van der Waals surface area contributed by atoms with E-state index in [0.717, 1.165) is 18.8 Å². The van der Waals surface area contributed by atoms with Gasteiger partial charge in [0.05, 0.1) is 36.9 Å². The lowest BCUT2D eigenvalue weighted by atomic mass is 10.1. The highest BCUT2D eigenvalue weighted by Gasteiger charge is 2.25. The third kappa shape index (κ3) is 3.66. The van der Waals surface area contributed by atoms with Gasteiger partial charge in [-0.1, -0.05) is 12.1 Å². The van der Waals surface area contributed by atoms with E-state index in [1.54, 1.807) is 30.6 Å². The van der Waals surface area contributed by atoms with Crippen LogP contribution in [0, 0.1) is 5.82 Å². The number of nitrogens with zero attached hydrogens (tertiary/aromatic N) is 5. The largest absolute Gasteiger partial charge is 0.392 e. The van der Waals surface area contributed by atoms with Crippen LogP contribution in [-0.4, -0.2) is 60.5 Å². The van der Waals surface area contributed by atoms with Crippen molar-refractivity contribution in [3.8, 4) is 0 Å². The molecule has 2 fully saturated rings. The SMILES string of the molecule is OCc1cccc(N2CCN(c3cnc(N4CC[C@H](F)C4)nc3)CC2)c1F. The molecule has 0 aliphatic carbocycles. The lowest BCUT2D eigenvalue weighted by Gasteiger charge is -2.37. The van der Waals surface area contributed by atoms with Crippen molar-refractivity contribution in [3.05, 3.63) is 42.0 Å². The Morgan fingerprint density at radius 2 is 1.70 bits per heavy atom. The Morgan fingerprint density at radius 1 is 1.00 bits per heavy atom. The molecule has 3 heterocycles. The summed E-state index contributed by atoms with van der Waals surface area (Å²) >= 11 is 0. The fourth-order valence-corrected chi connectivity index (χ4v) is 3.68. The maximum Gasteiger partial charge on any atom is 0.225 e. The minimum Gasteiger partial charge on any atom is -0.392 e. The van der Waals surface area contributed by atoms with Crippen molar-refractivity contribution in [1.29, 1.82) is 0 Å². The van der Waals surface area contributed by atoms with Crippen LogP contribution in [0.2, 0.25) is 0 Å². The maximum absolute atomic E-state index is 14.4. The third-order valence-electron chi connectivity index (χ3n) is 5.25. The molecule has 0 saturated carbocycles. The van der Waals surface area contributed by atoms with E-state index in [1.807, 2.05) is 9.80 Å². The van der Waals surface area contributed by atoms with Crippen molar-refractivity contribution >= 4 is 17.3 Å². The summed E-state index contributed by atoms with van der Waals surface area (Å²) in [5.74, 6) is 0.221. The van der Waals surface area contributed by atoms with Crippen LogP contribution in [-0.2, 0) is 6.61 Å². The van der Waals surface area contributed by atoms with Gasteiger partial charge in [-0.05, 0) is 12.5 Å². The molecular formula is C19H23F2N5O. The molecule has 6 nitrogen and oxygen atoms in total. The first kappa shape index (κ1) is 17.9. The number of piperazine rings is 1. The molecule has 1 atom stereocenters. The third-order valence-corrected chi connectivity index (χ3v) is 5.25. The Hall–Kier alpha value is -2.48. The number of anilines is 3. The second-order valence-electron chi connectivity index (χ2n) is 6.96. The van der Waals surface area contributed by atoms with Crippen molar-refractivity contribution in [2.45, 2.75) is 19.2 Å². The molecule has 1 N–H and O–H groups in total. The van der Waals surface area contributed by atoms with E-state index in [4.69, 9.17) is 0 Å². The number of rotatable bonds is 4. The standard InChI is InChI=1S/C19H23F2N5O/c20-15-4-5-26(12-15)19-22-10-16(11-23-19)24-6-8-25(9-7-24)17-3-1-2-14(13-27)18(17)21/h1-3,10-11,15,27H,4-9,12-13H2/t15-/m0/s1. The lowest BCUT2D eigenvalue weighted by molar-refractivity contribution is 0.276. The van der Waals surface area contributed by atoms with Crippen molar-refractivity contribution in [2.24, 2.45) is 0 Å². The van der Waals surface area contributed by atoms with Gasteiger partial charge in [-0.25, -0.2) is 18.7 Å². The molecular weight excluding hydrogens is 352 g/mol. The van der Waals surface area contributed by atoms with E-state index in [1.165, 1.54) is 0 Å². The number of halogens is 2. The van der Waals surface area contributed by atoms with Crippen LogP contribution in [0.1, 0.15) is 12.0 Å². The molecule has 1 aromatic carbocycles. The zero-order chi connectivity index (χ0) is 18.8. The first-order valence-corrected chi connectivity index (χ1v) is 9.25. The highest BCUT2D eigenvalue weighted by Crippen LogP contribution is 2.25. The molecule has 0 amide bonds.